The zero-order valence-corrected chi connectivity index (χ0v) is 11.6. The van der Waals surface area contributed by atoms with Crippen LogP contribution in [0.15, 0.2) is 18.2 Å². The number of rotatable bonds is 3. The zero-order chi connectivity index (χ0) is 13.1. The topological polar surface area (TPSA) is 38.5 Å². The normalized spacial score (nSPS) is 24.3. The molecule has 2 atom stereocenters. The second kappa shape index (κ2) is 5.72. The van der Waals surface area contributed by atoms with Crippen molar-refractivity contribution < 1.29 is 4.74 Å². The Kier molecular flexibility index (Phi) is 4.25. The largest absolute Gasteiger partial charge is 0.375 e. The third-order valence-electron chi connectivity index (χ3n) is 3.57. The predicted octanol–water partition coefficient (Wildman–Crippen LogP) is 2.11. The van der Waals surface area contributed by atoms with Crippen LogP contribution in [0.3, 0.4) is 0 Å². The standard InChI is InChI=1S/C15H24N2O/c1-11-4-5-15(14(8-11)6-7-16)17-9-13(3)18-10-12(17)2/h4-5,8,12-13H,6-7,9-10,16H2,1-3H3. The molecule has 100 valence electrons. The number of ether oxygens (including phenoxy) is 1. The van der Waals surface area contributed by atoms with E-state index in [1.807, 2.05) is 0 Å². The highest BCUT2D eigenvalue weighted by atomic mass is 16.5. The average molecular weight is 248 g/mol. The molecule has 2 N–H and O–H groups in total. The van der Waals surface area contributed by atoms with Gasteiger partial charge in [0.2, 0.25) is 0 Å². The molecule has 0 aliphatic carbocycles. The number of anilines is 1. The van der Waals surface area contributed by atoms with Gasteiger partial charge in [0, 0.05) is 18.3 Å². The summed E-state index contributed by atoms with van der Waals surface area (Å²) in [7, 11) is 0. The van der Waals surface area contributed by atoms with Gasteiger partial charge in [-0.2, -0.15) is 0 Å². The van der Waals surface area contributed by atoms with Crippen LogP contribution in [0, 0.1) is 6.92 Å². The van der Waals surface area contributed by atoms with Crippen LogP contribution in [0.5, 0.6) is 0 Å². The number of benzene rings is 1. The molecule has 3 heteroatoms. The summed E-state index contributed by atoms with van der Waals surface area (Å²) in [6.45, 7) is 8.95. The Morgan fingerprint density at radius 1 is 1.39 bits per heavy atom. The van der Waals surface area contributed by atoms with E-state index < -0.39 is 0 Å². The fraction of sp³-hybridized carbons (Fsp3) is 0.600. The van der Waals surface area contributed by atoms with Gasteiger partial charge in [-0.1, -0.05) is 17.7 Å². The van der Waals surface area contributed by atoms with E-state index >= 15 is 0 Å². The minimum Gasteiger partial charge on any atom is -0.375 e. The second-order valence-corrected chi connectivity index (χ2v) is 5.32. The number of nitrogens with zero attached hydrogens (tertiary/aromatic N) is 1. The van der Waals surface area contributed by atoms with E-state index in [2.05, 4.69) is 43.9 Å². The maximum atomic E-state index is 5.73. The molecule has 0 amide bonds. The number of hydrogen-bond donors (Lipinski definition) is 1. The van der Waals surface area contributed by atoms with E-state index in [0.717, 1.165) is 19.6 Å². The number of aryl methyl sites for hydroxylation is 1. The molecule has 18 heavy (non-hydrogen) atoms. The Labute approximate surface area is 110 Å². The Hall–Kier alpha value is -1.06. The maximum Gasteiger partial charge on any atom is 0.0723 e. The number of hydrogen-bond acceptors (Lipinski definition) is 3. The van der Waals surface area contributed by atoms with Crippen LogP contribution < -0.4 is 10.6 Å². The van der Waals surface area contributed by atoms with Crippen molar-refractivity contribution in [2.24, 2.45) is 5.73 Å². The van der Waals surface area contributed by atoms with Crippen LogP contribution in [-0.2, 0) is 11.2 Å². The molecule has 1 fully saturated rings. The monoisotopic (exact) mass is 248 g/mol. The fourth-order valence-electron chi connectivity index (χ4n) is 2.59. The van der Waals surface area contributed by atoms with E-state index in [-0.39, 0.29) is 0 Å². The van der Waals surface area contributed by atoms with Crippen molar-refractivity contribution in [3.05, 3.63) is 29.3 Å². The van der Waals surface area contributed by atoms with Gasteiger partial charge in [0.05, 0.1) is 12.7 Å². The molecular weight excluding hydrogens is 224 g/mol. The Balaban J connectivity index is 2.30. The summed E-state index contributed by atoms with van der Waals surface area (Å²) < 4.78 is 5.70. The molecule has 2 unspecified atom stereocenters. The molecule has 1 saturated heterocycles. The predicted molar refractivity (Wildman–Crippen MR) is 76.2 cm³/mol. The zero-order valence-electron chi connectivity index (χ0n) is 11.6. The highest BCUT2D eigenvalue weighted by Crippen LogP contribution is 2.27. The molecule has 2 rings (SSSR count). The van der Waals surface area contributed by atoms with E-state index in [0.29, 0.717) is 18.7 Å². The van der Waals surface area contributed by atoms with Gasteiger partial charge in [-0.15, -0.1) is 0 Å². The summed E-state index contributed by atoms with van der Waals surface area (Å²) in [5, 5.41) is 0. The van der Waals surface area contributed by atoms with Gasteiger partial charge < -0.3 is 15.4 Å². The molecule has 3 nitrogen and oxygen atoms in total. The minimum absolute atomic E-state index is 0.299. The smallest absolute Gasteiger partial charge is 0.0723 e. The lowest BCUT2D eigenvalue weighted by Crippen LogP contribution is -2.47. The molecule has 0 spiro atoms. The summed E-state index contributed by atoms with van der Waals surface area (Å²) in [5.74, 6) is 0. The highest BCUT2D eigenvalue weighted by Gasteiger charge is 2.24. The quantitative estimate of drug-likeness (QED) is 0.890. The van der Waals surface area contributed by atoms with Gasteiger partial charge in [0.25, 0.3) is 0 Å². The average Bonchev–Trinajstić information content (AvgIpc) is 2.33. The van der Waals surface area contributed by atoms with Crippen LogP contribution in [0.4, 0.5) is 5.69 Å². The third kappa shape index (κ3) is 2.85. The van der Waals surface area contributed by atoms with Crippen LogP contribution in [-0.4, -0.2) is 31.8 Å². The summed E-state index contributed by atoms with van der Waals surface area (Å²) >= 11 is 0. The first-order valence-corrected chi connectivity index (χ1v) is 6.79. The molecule has 0 radical (unpaired) electrons. The van der Waals surface area contributed by atoms with Crippen LogP contribution in [0.2, 0.25) is 0 Å². The minimum atomic E-state index is 0.299. The Morgan fingerprint density at radius 3 is 2.89 bits per heavy atom. The Bertz CT molecular complexity index is 405. The Morgan fingerprint density at radius 2 is 2.17 bits per heavy atom. The first-order chi connectivity index (χ1) is 8.61. The first kappa shape index (κ1) is 13.4. The third-order valence-corrected chi connectivity index (χ3v) is 3.57. The molecule has 1 aromatic rings. The molecular formula is C15H24N2O. The van der Waals surface area contributed by atoms with Crippen LogP contribution in [0.1, 0.15) is 25.0 Å². The summed E-state index contributed by atoms with van der Waals surface area (Å²) in [5.41, 5.74) is 9.72. The van der Waals surface area contributed by atoms with Crippen molar-refractivity contribution in [3.63, 3.8) is 0 Å². The molecule has 0 saturated carbocycles. The van der Waals surface area contributed by atoms with Crippen LogP contribution in [0.25, 0.3) is 0 Å². The van der Waals surface area contributed by atoms with Crippen LogP contribution >= 0.6 is 0 Å². The lowest BCUT2D eigenvalue weighted by molar-refractivity contribution is 0.0343. The van der Waals surface area contributed by atoms with Crippen molar-refractivity contribution in [3.8, 4) is 0 Å². The summed E-state index contributed by atoms with van der Waals surface area (Å²) in [4.78, 5) is 2.46. The van der Waals surface area contributed by atoms with E-state index in [1.54, 1.807) is 0 Å². The molecule has 0 aromatic heterocycles. The van der Waals surface area contributed by atoms with Gasteiger partial charge >= 0.3 is 0 Å². The van der Waals surface area contributed by atoms with Crippen molar-refractivity contribution in [2.45, 2.75) is 39.3 Å². The molecule has 1 heterocycles. The van der Waals surface area contributed by atoms with Gasteiger partial charge in [0.1, 0.15) is 0 Å². The van der Waals surface area contributed by atoms with E-state index in [9.17, 15) is 0 Å². The van der Waals surface area contributed by atoms with Crippen molar-refractivity contribution in [1.82, 2.24) is 0 Å². The fourth-order valence-corrected chi connectivity index (χ4v) is 2.59. The molecule has 1 aliphatic rings. The number of nitrogens with two attached hydrogens (primary N) is 1. The van der Waals surface area contributed by atoms with Gasteiger partial charge in [-0.3, -0.25) is 0 Å². The van der Waals surface area contributed by atoms with Gasteiger partial charge in [-0.05, 0) is 45.4 Å². The lowest BCUT2D eigenvalue weighted by Gasteiger charge is -2.39. The number of morpholine rings is 1. The molecule has 0 bridgehead atoms. The van der Waals surface area contributed by atoms with Crippen molar-refractivity contribution in [2.75, 3.05) is 24.6 Å². The SMILES string of the molecule is Cc1ccc(N2CC(C)OCC2C)c(CCN)c1. The van der Waals surface area contributed by atoms with Crippen molar-refractivity contribution in [1.29, 1.82) is 0 Å². The van der Waals surface area contributed by atoms with Gasteiger partial charge in [0.15, 0.2) is 0 Å². The first-order valence-electron chi connectivity index (χ1n) is 6.79. The highest BCUT2D eigenvalue weighted by molar-refractivity contribution is 5.56. The maximum absolute atomic E-state index is 5.73. The van der Waals surface area contributed by atoms with Gasteiger partial charge in [-0.25, -0.2) is 0 Å². The second-order valence-electron chi connectivity index (χ2n) is 5.32. The van der Waals surface area contributed by atoms with E-state index in [4.69, 9.17) is 10.5 Å². The lowest BCUT2D eigenvalue weighted by atomic mass is 10.0. The molecule has 1 aromatic carbocycles. The molecule has 1 aliphatic heterocycles. The van der Waals surface area contributed by atoms with Crippen molar-refractivity contribution >= 4 is 5.69 Å². The summed E-state index contributed by atoms with van der Waals surface area (Å²) in [6.07, 6.45) is 1.24. The van der Waals surface area contributed by atoms with E-state index in [1.165, 1.54) is 16.8 Å². The summed E-state index contributed by atoms with van der Waals surface area (Å²) in [6, 6.07) is 7.10.